The van der Waals surface area contributed by atoms with Crippen LogP contribution in [0.5, 0.6) is 0 Å². The molecule has 0 aliphatic rings. The summed E-state index contributed by atoms with van der Waals surface area (Å²) >= 11 is 0. The lowest BCUT2D eigenvalue weighted by Crippen LogP contribution is -2.30. The fourth-order valence-corrected chi connectivity index (χ4v) is 0.692. The first-order chi connectivity index (χ1) is 4.91. The van der Waals surface area contributed by atoms with Crippen LogP contribution in [0.4, 0.5) is 0 Å². The standard InChI is InChI=1S/C7H19N3/c1-3-9-7-10-6-4-5-8-2/h8-10H,3-7H2,1-2H3. The Labute approximate surface area is 63.6 Å². The third kappa shape index (κ3) is 7.88. The van der Waals surface area contributed by atoms with Gasteiger partial charge in [0.2, 0.25) is 0 Å². The van der Waals surface area contributed by atoms with Crippen LogP contribution in [0.1, 0.15) is 13.3 Å². The molecular formula is C7H19N3. The Morgan fingerprint density at radius 1 is 1.10 bits per heavy atom. The minimum Gasteiger partial charge on any atom is -0.320 e. The summed E-state index contributed by atoms with van der Waals surface area (Å²) in [6, 6.07) is 0. The monoisotopic (exact) mass is 145 g/mol. The fourth-order valence-electron chi connectivity index (χ4n) is 0.692. The maximum atomic E-state index is 3.27. The van der Waals surface area contributed by atoms with Gasteiger partial charge in [0.15, 0.2) is 0 Å². The van der Waals surface area contributed by atoms with Gasteiger partial charge in [-0.25, -0.2) is 0 Å². The molecule has 0 aromatic rings. The second-order valence-electron chi connectivity index (χ2n) is 2.24. The van der Waals surface area contributed by atoms with Gasteiger partial charge in [-0.3, -0.25) is 0 Å². The van der Waals surface area contributed by atoms with Gasteiger partial charge in [-0.15, -0.1) is 0 Å². The smallest absolute Gasteiger partial charge is 0.0454 e. The molecule has 0 radical (unpaired) electrons. The molecule has 10 heavy (non-hydrogen) atoms. The molecule has 0 fully saturated rings. The molecule has 0 spiro atoms. The van der Waals surface area contributed by atoms with E-state index >= 15 is 0 Å². The van der Waals surface area contributed by atoms with Gasteiger partial charge in [-0.2, -0.15) is 0 Å². The lowest BCUT2D eigenvalue weighted by Gasteiger charge is -2.03. The highest BCUT2D eigenvalue weighted by Crippen LogP contribution is 1.69. The number of nitrogens with one attached hydrogen (secondary N) is 3. The van der Waals surface area contributed by atoms with Crippen molar-refractivity contribution in [3.63, 3.8) is 0 Å². The van der Waals surface area contributed by atoms with Crippen LogP contribution in [0.3, 0.4) is 0 Å². The summed E-state index contributed by atoms with van der Waals surface area (Å²) in [7, 11) is 1.98. The van der Waals surface area contributed by atoms with E-state index in [9.17, 15) is 0 Å². The van der Waals surface area contributed by atoms with Crippen LogP contribution in [0.2, 0.25) is 0 Å². The number of hydrogen-bond donors (Lipinski definition) is 3. The van der Waals surface area contributed by atoms with E-state index in [0.717, 1.165) is 26.3 Å². The zero-order chi connectivity index (χ0) is 7.66. The van der Waals surface area contributed by atoms with Crippen LogP contribution < -0.4 is 16.0 Å². The third-order valence-electron chi connectivity index (χ3n) is 1.28. The summed E-state index contributed by atoms with van der Waals surface area (Å²) in [4.78, 5) is 0. The molecule has 0 amide bonds. The Morgan fingerprint density at radius 3 is 2.50 bits per heavy atom. The predicted octanol–water partition coefficient (Wildman–Crippen LogP) is -0.247. The van der Waals surface area contributed by atoms with Crippen molar-refractivity contribution in [2.24, 2.45) is 0 Å². The van der Waals surface area contributed by atoms with Crippen LogP contribution in [0, 0.1) is 0 Å². The second-order valence-corrected chi connectivity index (χ2v) is 2.24. The van der Waals surface area contributed by atoms with Crippen molar-refractivity contribution in [1.29, 1.82) is 0 Å². The molecule has 3 heteroatoms. The number of rotatable bonds is 7. The highest BCUT2D eigenvalue weighted by atomic mass is 15.0. The highest BCUT2D eigenvalue weighted by Gasteiger charge is 1.83. The van der Waals surface area contributed by atoms with E-state index in [1.54, 1.807) is 0 Å². The molecule has 3 nitrogen and oxygen atoms in total. The molecule has 62 valence electrons. The van der Waals surface area contributed by atoms with Crippen molar-refractivity contribution >= 4 is 0 Å². The lowest BCUT2D eigenvalue weighted by atomic mass is 10.4. The summed E-state index contributed by atoms with van der Waals surface area (Å²) in [6.45, 7) is 6.27. The van der Waals surface area contributed by atoms with Crippen molar-refractivity contribution in [3.8, 4) is 0 Å². The summed E-state index contributed by atoms with van der Waals surface area (Å²) in [5.74, 6) is 0. The summed E-state index contributed by atoms with van der Waals surface area (Å²) < 4.78 is 0. The average molecular weight is 145 g/mol. The average Bonchev–Trinajstić information content (AvgIpc) is 1.97. The third-order valence-corrected chi connectivity index (χ3v) is 1.28. The molecule has 0 aliphatic heterocycles. The molecule has 3 N–H and O–H groups in total. The van der Waals surface area contributed by atoms with Crippen LogP contribution in [0.25, 0.3) is 0 Å². The van der Waals surface area contributed by atoms with Gasteiger partial charge in [0.25, 0.3) is 0 Å². The van der Waals surface area contributed by atoms with Gasteiger partial charge >= 0.3 is 0 Å². The molecule has 0 unspecified atom stereocenters. The molecule has 0 aromatic carbocycles. The van der Waals surface area contributed by atoms with E-state index in [4.69, 9.17) is 0 Å². The summed E-state index contributed by atoms with van der Waals surface area (Å²) in [5.41, 5.74) is 0. The van der Waals surface area contributed by atoms with Crippen molar-refractivity contribution in [3.05, 3.63) is 0 Å². The van der Waals surface area contributed by atoms with Crippen molar-refractivity contribution in [2.75, 3.05) is 33.4 Å². The largest absolute Gasteiger partial charge is 0.320 e. The van der Waals surface area contributed by atoms with E-state index in [0.29, 0.717) is 0 Å². The van der Waals surface area contributed by atoms with Crippen molar-refractivity contribution in [1.82, 2.24) is 16.0 Å². The Hall–Kier alpha value is -0.120. The van der Waals surface area contributed by atoms with E-state index < -0.39 is 0 Å². The number of hydrogen-bond acceptors (Lipinski definition) is 3. The molecule has 0 rings (SSSR count). The maximum Gasteiger partial charge on any atom is 0.0454 e. The fraction of sp³-hybridized carbons (Fsp3) is 1.00. The molecule has 0 atom stereocenters. The quantitative estimate of drug-likeness (QED) is 0.341. The predicted molar refractivity (Wildman–Crippen MR) is 45.1 cm³/mol. The topological polar surface area (TPSA) is 36.1 Å². The van der Waals surface area contributed by atoms with Crippen molar-refractivity contribution in [2.45, 2.75) is 13.3 Å². The molecule has 0 saturated heterocycles. The summed E-state index contributed by atoms with van der Waals surface area (Å²) in [6.07, 6.45) is 1.20. The van der Waals surface area contributed by atoms with Gasteiger partial charge in [-0.05, 0) is 33.1 Å². The zero-order valence-corrected chi connectivity index (χ0v) is 7.04. The molecule has 0 aliphatic carbocycles. The lowest BCUT2D eigenvalue weighted by molar-refractivity contribution is 0.572. The van der Waals surface area contributed by atoms with Crippen molar-refractivity contribution < 1.29 is 0 Å². The van der Waals surface area contributed by atoms with Crippen LogP contribution in [-0.2, 0) is 0 Å². The first-order valence-electron chi connectivity index (χ1n) is 3.97. The van der Waals surface area contributed by atoms with Gasteiger partial charge < -0.3 is 16.0 Å². The SMILES string of the molecule is CCNCNCCCNC. The Balaban J connectivity index is 2.65. The van der Waals surface area contributed by atoms with E-state index in [1.807, 2.05) is 7.05 Å². The second kappa shape index (κ2) is 8.88. The minimum absolute atomic E-state index is 0.931. The minimum atomic E-state index is 0.931. The Kier molecular flexibility index (Phi) is 8.77. The maximum absolute atomic E-state index is 3.27. The van der Waals surface area contributed by atoms with Gasteiger partial charge in [0, 0.05) is 6.67 Å². The Morgan fingerprint density at radius 2 is 1.90 bits per heavy atom. The molecule has 0 bridgehead atoms. The van der Waals surface area contributed by atoms with Gasteiger partial charge in [0.1, 0.15) is 0 Å². The molecular weight excluding hydrogens is 126 g/mol. The van der Waals surface area contributed by atoms with Crippen LogP contribution in [-0.4, -0.2) is 33.4 Å². The van der Waals surface area contributed by atoms with Crippen LogP contribution in [0.15, 0.2) is 0 Å². The first-order valence-corrected chi connectivity index (χ1v) is 3.97. The Bertz CT molecular complexity index is 48.8. The van der Waals surface area contributed by atoms with Crippen LogP contribution >= 0.6 is 0 Å². The summed E-state index contributed by atoms with van der Waals surface area (Å²) in [5, 5.41) is 9.56. The zero-order valence-electron chi connectivity index (χ0n) is 7.04. The van der Waals surface area contributed by atoms with E-state index in [1.165, 1.54) is 6.42 Å². The van der Waals surface area contributed by atoms with E-state index in [2.05, 4.69) is 22.9 Å². The first kappa shape index (κ1) is 9.88. The van der Waals surface area contributed by atoms with E-state index in [-0.39, 0.29) is 0 Å². The highest BCUT2D eigenvalue weighted by molar-refractivity contribution is 4.47. The molecule has 0 saturated carbocycles. The molecule has 0 heterocycles. The van der Waals surface area contributed by atoms with Gasteiger partial charge in [-0.1, -0.05) is 6.92 Å². The molecule has 0 aromatic heterocycles. The van der Waals surface area contributed by atoms with Gasteiger partial charge in [0.05, 0.1) is 0 Å². The normalized spacial score (nSPS) is 10.2.